The highest BCUT2D eigenvalue weighted by Crippen LogP contribution is 2.33. The van der Waals surface area contributed by atoms with E-state index >= 15 is 0 Å². The Morgan fingerprint density at radius 3 is 1.95 bits per heavy atom. The first-order chi connectivity index (χ1) is 18.3. The van der Waals surface area contributed by atoms with Gasteiger partial charge in [-0.1, -0.05) is 66.7 Å². The second-order valence-electron chi connectivity index (χ2n) is 8.95. The smallest absolute Gasteiger partial charge is 0.136 e. The first-order valence-corrected chi connectivity index (χ1v) is 12.2. The summed E-state index contributed by atoms with van der Waals surface area (Å²) in [7, 11) is 0. The van der Waals surface area contributed by atoms with Gasteiger partial charge in [-0.25, -0.2) is 4.98 Å². The molecule has 0 radical (unpaired) electrons. The summed E-state index contributed by atoms with van der Waals surface area (Å²) in [5.41, 5.74) is 9.32. The fourth-order valence-electron chi connectivity index (χ4n) is 4.73. The van der Waals surface area contributed by atoms with E-state index in [1.807, 2.05) is 66.9 Å². The van der Waals surface area contributed by atoms with Crippen molar-refractivity contribution in [1.29, 1.82) is 0 Å². The Kier molecular flexibility index (Phi) is 5.07. The Morgan fingerprint density at radius 1 is 0.432 bits per heavy atom. The topological polar surface area (TPSA) is 51.8 Å². The van der Waals surface area contributed by atoms with Crippen LogP contribution >= 0.6 is 0 Å². The van der Waals surface area contributed by atoms with Crippen molar-refractivity contribution in [2.75, 3.05) is 0 Å². The SMILES string of the molecule is c1ccc(-c2cc(-c3ccccn3)nc(-c3ccc(-c4ccc5c(c4)oc4ccccc45)cn3)c2)cc1. The number of furan rings is 1. The fourth-order valence-corrected chi connectivity index (χ4v) is 4.73. The van der Waals surface area contributed by atoms with Crippen molar-refractivity contribution in [3.63, 3.8) is 0 Å². The van der Waals surface area contributed by atoms with E-state index in [-0.39, 0.29) is 0 Å². The van der Waals surface area contributed by atoms with Gasteiger partial charge in [-0.3, -0.25) is 9.97 Å². The highest BCUT2D eigenvalue weighted by molar-refractivity contribution is 6.05. The molecule has 37 heavy (non-hydrogen) atoms. The van der Waals surface area contributed by atoms with E-state index in [0.29, 0.717) is 0 Å². The maximum Gasteiger partial charge on any atom is 0.136 e. The Bertz CT molecular complexity index is 1800. The lowest BCUT2D eigenvalue weighted by atomic mass is 10.0. The molecule has 0 saturated carbocycles. The molecular formula is C33H21N3O. The zero-order valence-corrected chi connectivity index (χ0v) is 19.9. The standard InChI is InChI=1S/C33H21N3O/c1-2-8-22(9-3-1)25-18-30(28-11-6-7-17-34-28)36-31(19-25)29-16-14-24(21-35-29)23-13-15-27-26-10-4-5-12-32(26)37-33(27)20-23/h1-21H. The van der Waals surface area contributed by atoms with Crippen molar-refractivity contribution in [2.45, 2.75) is 0 Å². The molecule has 0 aliphatic carbocycles. The van der Waals surface area contributed by atoms with Crippen LogP contribution in [-0.2, 0) is 0 Å². The van der Waals surface area contributed by atoms with Gasteiger partial charge in [0.25, 0.3) is 0 Å². The summed E-state index contributed by atoms with van der Waals surface area (Å²) in [5.74, 6) is 0. The summed E-state index contributed by atoms with van der Waals surface area (Å²) in [6.45, 7) is 0. The van der Waals surface area contributed by atoms with Crippen LogP contribution in [0.4, 0.5) is 0 Å². The maximum atomic E-state index is 6.08. The summed E-state index contributed by atoms with van der Waals surface area (Å²) >= 11 is 0. The molecule has 4 heterocycles. The first-order valence-electron chi connectivity index (χ1n) is 12.2. The molecule has 0 amide bonds. The molecule has 174 valence electrons. The van der Waals surface area contributed by atoms with Crippen molar-refractivity contribution in [3.8, 4) is 45.0 Å². The van der Waals surface area contributed by atoms with Crippen molar-refractivity contribution >= 4 is 21.9 Å². The lowest BCUT2D eigenvalue weighted by molar-refractivity contribution is 0.669. The molecule has 0 atom stereocenters. The van der Waals surface area contributed by atoms with Crippen molar-refractivity contribution in [1.82, 2.24) is 15.0 Å². The number of nitrogens with zero attached hydrogens (tertiary/aromatic N) is 3. The number of aromatic nitrogens is 3. The van der Waals surface area contributed by atoms with Gasteiger partial charge in [-0.15, -0.1) is 0 Å². The molecule has 7 rings (SSSR count). The van der Waals surface area contributed by atoms with Crippen LogP contribution in [0, 0.1) is 0 Å². The van der Waals surface area contributed by atoms with E-state index in [1.54, 1.807) is 6.20 Å². The molecule has 7 aromatic rings. The molecule has 0 saturated heterocycles. The third kappa shape index (κ3) is 3.95. The highest BCUT2D eigenvalue weighted by Gasteiger charge is 2.12. The zero-order chi connectivity index (χ0) is 24.6. The Labute approximate surface area is 213 Å². The van der Waals surface area contributed by atoms with Gasteiger partial charge < -0.3 is 4.42 Å². The second-order valence-corrected chi connectivity index (χ2v) is 8.95. The molecule has 3 aromatic carbocycles. The minimum atomic E-state index is 0.807. The lowest BCUT2D eigenvalue weighted by Gasteiger charge is -2.10. The average Bonchev–Trinajstić information content (AvgIpc) is 3.36. The number of fused-ring (bicyclic) bond motifs is 3. The Balaban J connectivity index is 1.29. The monoisotopic (exact) mass is 475 g/mol. The van der Waals surface area contributed by atoms with Crippen LogP contribution in [0.15, 0.2) is 132 Å². The zero-order valence-electron chi connectivity index (χ0n) is 19.9. The molecule has 4 heteroatoms. The van der Waals surface area contributed by atoms with Gasteiger partial charge in [-0.2, -0.15) is 0 Å². The van der Waals surface area contributed by atoms with Gasteiger partial charge in [0.05, 0.1) is 22.8 Å². The highest BCUT2D eigenvalue weighted by atomic mass is 16.3. The van der Waals surface area contributed by atoms with Gasteiger partial charge >= 0.3 is 0 Å². The quantitative estimate of drug-likeness (QED) is 0.256. The minimum absolute atomic E-state index is 0.807. The summed E-state index contributed by atoms with van der Waals surface area (Å²) in [5, 5.41) is 2.25. The van der Waals surface area contributed by atoms with Crippen LogP contribution in [0.3, 0.4) is 0 Å². The van der Waals surface area contributed by atoms with Gasteiger partial charge in [0, 0.05) is 28.7 Å². The molecule has 0 N–H and O–H groups in total. The van der Waals surface area contributed by atoms with E-state index in [1.165, 1.54) is 0 Å². The maximum absolute atomic E-state index is 6.08. The fraction of sp³-hybridized carbons (Fsp3) is 0. The number of pyridine rings is 3. The predicted molar refractivity (Wildman–Crippen MR) is 149 cm³/mol. The number of rotatable bonds is 4. The Hall–Kier alpha value is -5.09. The Morgan fingerprint density at radius 2 is 1.16 bits per heavy atom. The summed E-state index contributed by atoms with van der Waals surface area (Å²) in [4.78, 5) is 14.3. The van der Waals surface area contributed by atoms with Crippen LogP contribution in [-0.4, -0.2) is 15.0 Å². The van der Waals surface area contributed by atoms with Crippen molar-refractivity contribution in [3.05, 3.63) is 128 Å². The number of para-hydroxylation sites is 1. The number of hydrogen-bond donors (Lipinski definition) is 0. The summed E-state index contributed by atoms with van der Waals surface area (Å²) < 4.78 is 6.08. The third-order valence-electron chi connectivity index (χ3n) is 6.60. The molecule has 0 fully saturated rings. The number of hydrogen-bond acceptors (Lipinski definition) is 4. The molecule has 0 bridgehead atoms. The van der Waals surface area contributed by atoms with Crippen LogP contribution in [0.1, 0.15) is 0 Å². The van der Waals surface area contributed by atoms with E-state index < -0.39 is 0 Å². The van der Waals surface area contributed by atoms with E-state index in [9.17, 15) is 0 Å². The van der Waals surface area contributed by atoms with Crippen LogP contribution in [0.5, 0.6) is 0 Å². The number of benzene rings is 3. The normalized spacial score (nSPS) is 11.2. The molecule has 4 nitrogen and oxygen atoms in total. The van der Waals surface area contributed by atoms with Gasteiger partial charge in [0.15, 0.2) is 0 Å². The first kappa shape index (κ1) is 21.2. The van der Waals surface area contributed by atoms with Crippen LogP contribution in [0.2, 0.25) is 0 Å². The largest absolute Gasteiger partial charge is 0.456 e. The minimum Gasteiger partial charge on any atom is -0.456 e. The van der Waals surface area contributed by atoms with Gasteiger partial charge in [0.1, 0.15) is 11.2 Å². The van der Waals surface area contributed by atoms with E-state index in [0.717, 1.165) is 67.0 Å². The predicted octanol–water partition coefficient (Wildman–Crippen LogP) is 8.44. The van der Waals surface area contributed by atoms with Gasteiger partial charge in [-0.05, 0) is 65.2 Å². The lowest BCUT2D eigenvalue weighted by Crippen LogP contribution is -1.94. The average molecular weight is 476 g/mol. The molecule has 0 spiro atoms. The van der Waals surface area contributed by atoms with Crippen LogP contribution in [0.25, 0.3) is 67.0 Å². The summed E-state index contributed by atoms with van der Waals surface area (Å²) in [6, 6.07) is 38.9. The molecule has 4 aromatic heterocycles. The molecule has 0 aliphatic rings. The van der Waals surface area contributed by atoms with Crippen molar-refractivity contribution < 1.29 is 4.42 Å². The molecule has 0 aliphatic heterocycles. The van der Waals surface area contributed by atoms with Crippen LogP contribution < -0.4 is 0 Å². The third-order valence-corrected chi connectivity index (χ3v) is 6.60. The molecule has 0 unspecified atom stereocenters. The second kappa shape index (κ2) is 8.85. The summed E-state index contributed by atoms with van der Waals surface area (Å²) in [6.07, 6.45) is 3.69. The molecular weight excluding hydrogens is 454 g/mol. The van der Waals surface area contributed by atoms with Crippen molar-refractivity contribution in [2.24, 2.45) is 0 Å². The van der Waals surface area contributed by atoms with E-state index in [2.05, 4.69) is 59.6 Å². The van der Waals surface area contributed by atoms with Gasteiger partial charge in [0.2, 0.25) is 0 Å². The van der Waals surface area contributed by atoms with E-state index in [4.69, 9.17) is 14.4 Å².